The molecule has 0 aliphatic heterocycles. The fourth-order valence-corrected chi connectivity index (χ4v) is 2.58. The highest BCUT2D eigenvalue weighted by Crippen LogP contribution is 2.25. The van der Waals surface area contributed by atoms with Crippen molar-refractivity contribution < 1.29 is 24.4 Å². The van der Waals surface area contributed by atoms with Gasteiger partial charge in [0.2, 0.25) is 0 Å². The van der Waals surface area contributed by atoms with Gasteiger partial charge in [0, 0.05) is 3.57 Å². The Bertz CT molecular complexity index is 778. The number of nitrogens with zero attached hydrogens (tertiary/aromatic N) is 2. The van der Waals surface area contributed by atoms with Crippen molar-refractivity contribution in [3.8, 4) is 5.75 Å². The standard InChI is InChI=1S/C12H8IN3O6S/c13-6-1-2-8(17)7(3-6)11(19)22-5-9(18)15-12-14-4-10(23-12)16(20)21/h1-4,17H,5H2,(H,14,15,18). The predicted molar refractivity (Wildman–Crippen MR) is 88.5 cm³/mol. The smallest absolute Gasteiger partial charge is 0.345 e. The average Bonchev–Trinajstić information content (AvgIpc) is 2.96. The maximum absolute atomic E-state index is 11.8. The maximum atomic E-state index is 11.8. The SMILES string of the molecule is O=C(COC(=O)c1cc(I)ccc1O)Nc1ncc([N+](=O)[O-])s1. The molecule has 1 aromatic heterocycles. The van der Waals surface area contributed by atoms with Gasteiger partial charge in [-0.15, -0.1) is 0 Å². The predicted octanol–water partition coefficient (Wildman–Crippen LogP) is 2.16. The number of benzene rings is 1. The summed E-state index contributed by atoms with van der Waals surface area (Å²) in [5.41, 5.74) is -0.0606. The molecular weight excluding hydrogens is 441 g/mol. The summed E-state index contributed by atoms with van der Waals surface area (Å²) in [5, 5.41) is 22.2. The molecule has 0 bridgehead atoms. The molecule has 2 aromatic rings. The van der Waals surface area contributed by atoms with Crippen LogP contribution in [0.4, 0.5) is 10.1 Å². The van der Waals surface area contributed by atoms with Crippen LogP contribution in [0.2, 0.25) is 0 Å². The molecule has 0 spiro atoms. The first-order chi connectivity index (χ1) is 10.9. The molecule has 23 heavy (non-hydrogen) atoms. The molecule has 2 N–H and O–H groups in total. The molecule has 9 nitrogen and oxygen atoms in total. The second kappa shape index (κ2) is 7.32. The van der Waals surface area contributed by atoms with E-state index in [-0.39, 0.29) is 21.4 Å². The van der Waals surface area contributed by atoms with Gasteiger partial charge in [-0.1, -0.05) is 0 Å². The first-order valence-electron chi connectivity index (χ1n) is 5.92. The molecule has 0 aliphatic rings. The lowest BCUT2D eigenvalue weighted by atomic mass is 10.2. The van der Waals surface area contributed by atoms with Crippen molar-refractivity contribution in [2.24, 2.45) is 0 Å². The Labute approximate surface area is 146 Å². The second-order valence-corrected chi connectivity index (χ2v) is 6.30. The Morgan fingerprint density at radius 2 is 2.22 bits per heavy atom. The minimum atomic E-state index is -0.860. The van der Waals surface area contributed by atoms with Crippen LogP contribution in [0.1, 0.15) is 10.4 Å². The summed E-state index contributed by atoms with van der Waals surface area (Å²) >= 11 is 2.64. The van der Waals surface area contributed by atoms with E-state index in [1.54, 1.807) is 6.07 Å². The Morgan fingerprint density at radius 3 is 2.87 bits per heavy atom. The lowest BCUT2D eigenvalue weighted by molar-refractivity contribution is -0.380. The zero-order valence-corrected chi connectivity index (χ0v) is 14.2. The number of amides is 1. The van der Waals surface area contributed by atoms with E-state index in [1.807, 2.05) is 22.6 Å². The van der Waals surface area contributed by atoms with Crippen LogP contribution < -0.4 is 5.32 Å². The number of esters is 1. The quantitative estimate of drug-likeness (QED) is 0.310. The Hall–Kier alpha value is -2.28. The highest BCUT2D eigenvalue weighted by atomic mass is 127. The minimum Gasteiger partial charge on any atom is -0.507 e. The van der Waals surface area contributed by atoms with Crippen molar-refractivity contribution in [3.05, 3.63) is 43.6 Å². The summed E-state index contributed by atoms with van der Waals surface area (Å²) in [7, 11) is 0. The van der Waals surface area contributed by atoms with Crippen LogP contribution in [0, 0.1) is 13.7 Å². The number of hydrogen-bond acceptors (Lipinski definition) is 8. The number of anilines is 1. The molecule has 0 radical (unpaired) electrons. The number of phenols is 1. The maximum Gasteiger partial charge on any atom is 0.345 e. The largest absolute Gasteiger partial charge is 0.507 e. The van der Waals surface area contributed by atoms with Crippen LogP contribution in [-0.4, -0.2) is 33.5 Å². The van der Waals surface area contributed by atoms with Crippen LogP contribution in [0.3, 0.4) is 0 Å². The Balaban J connectivity index is 1.92. The molecular formula is C12H8IN3O6S. The zero-order chi connectivity index (χ0) is 17.0. The molecule has 0 atom stereocenters. The van der Waals surface area contributed by atoms with Gasteiger partial charge in [-0.3, -0.25) is 20.2 Å². The summed E-state index contributed by atoms with van der Waals surface area (Å²) in [6, 6.07) is 4.36. The highest BCUT2D eigenvalue weighted by molar-refractivity contribution is 14.1. The molecule has 1 aromatic carbocycles. The van der Waals surface area contributed by atoms with E-state index in [4.69, 9.17) is 4.74 Å². The number of phenolic OH excluding ortho intramolecular Hbond substituents is 1. The molecule has 120 valence electrons. The number of hydrogen-bond donors (Lipinski definition) is 2. The summed E-state index contributed by atoms with van der Waals surface area (Å²) in [5.74, 6) is -1.82. The lowest BCUT2D eigenvalue weighted by Gasteiger charge is -2.06. The summed E-state index contributed by atoms with van der Waals surface area (Å²) in [6.45, 7) is -0.614. The number of nitro groups is 1. The first kappa shape index (κ1) is 17.1. The molecule has 2 rings (SSSR count). The second-order valence-electron chi connectivity index (χ2n) is 4.05. The normalized spacial score (nSPS) is 10.1. The monoisotopic (exact) mass is 449 g/mol. The van der Waals surface area contributed by atoms with Crippen molar-refractivity contribution in [3.63, 3.8) is 0 Å². The number of halogens is 1. The van der Waals surface area contributed by atoms with E-state index in [9.17, 15) is 24.8 Å². The Kier molecular flexibility index (Phi) is 5.44. The highest BCUT2D eigenvalue weighted by Gasteiger charge is 2.17. The van der Waals surface area contributed by atoms with Gasteiger partial charge in [0.1, 0.15) is 17.5 Å². The van der Waals surface area contributed by atoms with E-state index < -0.39 is 23.4 Å². The minimum absolute atomic E-state index is 0.0230. The van der Waals surface area contributed by atoms with Crippen molar-refractivity contribution in [2.75, 3.05) is 11.9 Å². The molecule has 11 heteroatoms. The number of nitrogens with one attached hydrogen (secondary N) is 1. The number of ether oxygens (including phenoxy) is 1. The number of aromatic nitrogens is 1. The number of carbonyl (C=O) groups excluding carboxylic acids is 2. The zero-order valence-electron chi connectivity index (χ0n) is 11.2. The van der Waals surface area contributed by atoms with Gasteiger partial charge in [-0.25, -0.2) is 9.78 Å². The van der Waals surface area contributed by atoms with Gasteiger partial charge >= 0.3 is 11.0 Å². The van der Waals surface area contributed by atoms with Crippen LogP contribution in [0.5, 0.6) is 5.75 Å². The van der Waals surface area contributed by atoms with Crippen LogP contribution in [0.15, 0.2) is 24.4 Å². The fraction of sp³-hybridized carbons (Fsp3) is 0.0833. The molecule has 1 heterocycles. The van der Waals surface area contributed by atoms with Gasteiger partial charge in [0.05, 0.1) is 4.92 Å². The van der Waals surface area contributed by atoms with E-state index in [0.717, 1.165) is 6.20 Å². The topological polar surface area (TPSA) is 132 Å². The number of thiazole rings is 1. The van der Waals surface area contributed by atoms with Gasteiger partial charge in [-0.05, 0) is 52.1 Å². The van der Waals surface area contributed by atoms with E-state index in [2.05, 4.69) is 10.3 Å². The number of rotatable bonds is 5. The average molecular weight is 449 g/mol. The lowest BCUT2D eigenvalue weighted by Crippen LogP contribution is -2.20. The third-order valence-corrected chi connectivity index (χ3v) is 3.97. The molecule has 1 amide bonds. The van der Waals surface area contributed by atoms with E-state index in [1.165, 1.54) is 12.1 Å². The third kappa shape index (κ3) is 4.59. The molecule has 0 aliphatic carbocycles. The molecule has 0 saturated carbocycles. The van der Waals surface area contributed by atoms with E-state index >= 15 is 0 Å². The van der Waals surface area contributed by atoms with Crippen molar-refractivity contribution >= 4 is 55.9 Å². The summed E-state index contributed by atoms with van der Waals surface area (Å²) in [6.07, 6.45) is 1.01. The van der Waals surface area contributed by atoms with Gasteiger partial charge < -0.3 is 9.84 Å². The van der Waals surface area contributed by atoms with Crippen molar-refractivity contribution in [1.29, 1.82) is 0 Å². The molecule has 0 unspecified atom stereocenters. The fourth-order valence-electron chi connectivity index (χ4n) is 1.44. The van der Waals surface area contributed by atoms with Crippen LogP contribution >= 0.6 is 33.9 Å². The van der Waals surface area contributed by atoms with Crippen molar-refractivity contribution in [1.82, 2.24) is 4.98 Å². The molecule has 0 saturated heterocycles. The number of carbonyl (C=O) groups is 2. The molecule has 0 fully saturated rings. The number of aromatic hydroxyl groups is 1. The first-order valence-corrected chi connectivity index (χ1v) is 7.82. The summed E-state index contributed by atoms with van der Waals surface area (Å²) in [4.78, 5) is 36.9. The van der Waals surface area contributed by atoms with Gasteiger partial charge in [-0.2, -0.15) is 0 Å². The third-order valence-electron chi connectivity index (χ3n) is 2.43. The summed E-state index contributed by atoms with van der Waals surface area (Å²) < 4.78 is 5.50. The van der Waals surface area contributed by atoms with Gasteiger partial charge in [0.25, 0.3) is 5.91 Å². The van der Waals surface area contributed by atoms with Gasteiger partial charge in [0.15, 0.2) is 11.7 Å². The van der Waals surface area contributed by atoms with Crippen molar-refractivity contribution in [2.45, 2.75) is 0 Å². The van der Waals surface area contributed by atoms with Crippen LogP contribution in [0.25, 0.3) is 0 Å². The van der Waals surface area contributed by atoms with Crippen LogP contribution in [-0.2, 0) is 9.53 Å². The Morgan fingerprint density at radius 1 is 1.48 bits per heavy atom. The van der Waals surface area contributed by atoms with E-state index in [0.29, 0.717) is 14.9 Å².